The summed E-state index contributed by atoms with van der Waals surface area (Å²) in [5, 5.41) is 0. The molecule has 2 aliphatic rings. The van der Waals surface area contributed by atoms with Crippen LogP contribution in [0.3, 0.4) is 0 Å². The van der Waals surface area contributed by atoms with Crippen LogP contribution in [0.25, 0.3) is 0 Å². The summed E-state index contributed by atoms with van der Waals surface area (Å²) in [6.07, 6.45) is 6.44. The van der Waals surface area contributed by atoms with E-state index in [1.165, 1.54) is 0 Å². The van der Waals surface area contributed by atoms with Crippen molar-refractivity contribution in [2.24, 2.45) is 0 Å². The van der Waals surface area contributed by atoms with Crippen molar-refractivity contribution >= 4 is 0 Å². The third-order valence-corrected chi connectivity index (χ3v) is 4.79. The molecule has 0 amide bonds. The molecule has 0 aliphatic carbocycles. The van der Waals surface area contributed by atoms with Crippen LogP contribution in [0.15, 0.2) is 12.3 Å². The van der Waals surface area contributed by atoms with Crippen LogP contribution in [0.2, 0.25) is 0 Å². The van der Waals surface area contributed by atoms with E-state index in [1.54, 1.807) is 0 Å². The van der Waals surface area contributed by atoms with Crippen LogP contribution in [-0.2, 0) is 16.0 Å². The molecule has 1 aromatic rings. The normalized spacial score (nSPS) is 26.1. The van der Waals surface area contributed by atoms with Gasteiger partial charge < -0.3 is 9.47 Å². The zero-order valence-electron chi connectivity index (χ0n) is 13.0. The minimum atomic E-state index is -0.0505. The van der Waals surface area contributed by atoms with Gasteiger partial charge in [-0.25, -0.2) is 9.97 Å². The van der Waals surface area contributed by atoms with Crippen molar-refractivity contribution in [1.29, 1.82) is 0 Å². The Kier molecular flexibility index (Phi) is 4.52. The summed E-state index contributed by atoms with van der Waals surface area (Å²) in [7, 11) is 1.82. The lowest BCUT2D eigenvalue weighted by molar-refractivity contribution is -0.186. The van der Waals surface area contributed by atoms with Crippen LogP contribution < -0.4 is 0 Å². The third kappa shape index (κ3) is 3.25. The van der Waals surface area contributed by atoms with Gasteiger partial charge in [-0.1, -0.05) is 0 Å². The predicted octanol–water partition coefficient (Wildman–Crippen LogP) is 1.95. The zero-order valence-corrected chi connectivity index (χ0v) is 13.0. The van der Waals surface area contributed by atoms with Gasteiger partial charge >= 0.3 is 0 Å². The molecule has 2 saturated heterocycles. The minimum Gasteiger partial charge on any atom is -0.378 e. The number of hydrogen-bond donors (Lipinski definition) is 0. The van der Waals surface area contributed by atoms with Gasteiger partial charge in [-0.2, -0.15) is 0 Å². The Morgan fingerprint density at radius 1 is 1.43 bits per heavy atom. The van der Waals surface area contributed by atoms with Gasteiger partial charge in [0.25, 0.3) is 0 Å². The summed E-state index contributed by atoms with van der Waals surface area (Å²) < 4.78 is 11.8. The smallest absolute Gasteiger partial charge is 0.125 e. The van der Waals surface area contributed by atoms with Crippen molar-refractivity contribution in [3.63, 3.8) is 0 Å². The van der Waals surface area contributed by atoms with E-state index in [0.29, 0.717) is 0 Å². The molecule has 5 heteroatoms. The summed E-state index contributed by atoms with van der Waals surface area (Å²) in [6, 6.07) is 2.01. The van der Waals surface area contributed by atoms with E-state index in [1.807, 2.05) is 26.3 Å². The lowest BCUT2D eigenvalue weighted by Gasteiger charge is -2.48. The Bertz CT molecular complexity index is 472. The van der Waals surface area contributed by atoms with E-state index in [4.69, 9.17) is 9.47 Å². The molecule has 0 N–H and O–H groups in total. The number of likely N-dealkylation sites (tertiary alicyclic amines) is 1. The molecule has 2 fully saturated rings. The fourth-order valence-electron chi connectivity index (χ4n) is 3.61. The Hall–Kier alpha value is -1.04. The summed E-state index contributed by atoms with van der Waals surface area (Å²) >= 11 is 0. The number of aromatic nitrogens is 2. The van der Waals surface area contributed by atoms with Crippen LogP contribution in [0.1, 0.15) is 37.2 Å². The molecular formula is C16H25N3O2. The first-order valence-electron chi connectivity index (χ1n) is 7.89. The van der Waals surface area contributed by atoms with Crippen molar-refractivity contribution < 1.29 is 9.47 Å². The second-order valence-corrected chi connectivity index (χ2v) is 6.15. The van der Waals surface area contributed by atoms with Gasteiger partial charge in [0.05, 0.1) is 17.4 Å². The number of aryl methyl sites for hydroxylation is 1. The molecule has 0 aromatic carbocycles. The van der Waals surface area contributed by atoms with Crippen molar-refractivity contribution in [1.82, 2.24) is 14.9 Å². The zero-order chi connectivity index (χ0) is 14.7. The highest BCUT2D eigenvalue weighted by Crippen LogP contribution is 2.36. The lowest BCUT2D eigenvalue weighted by atomic mass is 9.82. The molecule has 0 saturated carbocycles. The quantitative estimate of drug-likeness (QED) is 0.852. The average molecular weight is 291 g/mol. The van der Waals surface area contributed by atoms with Crippen LogP contribution in [0, 0.1) is 6.92 Å². The maximum atomic E-state index is 6.15. The SMILES string of the molecule is CO[C@@H]1CCCOC12CCN(Cc1ccnc(C)n1)CC2. The van der Waals surface area contributed by atoms with Gasteiger partial charge in [-0.15, -0.1) is 0 Å². The van der Waals surface area contributed by atoms with E-state index < -0.39 is 0 Å². The number of piperidine rings is 1. The highest BCUT2D eigenvalue weighted by Gasteiger charge is 2.44. The topological polar surface area (TPSA) is 47.5 Å². The molecule has 0 radical (unpaired) electrons. The standard InChI is InChI=1S/C16H25N3O2/c1-13-17-8-5-14(18-13)12-19-9-6-16(7-10-19)15(20-2)4-3-11-21-16/h5,8,15H,3-4,6-7,9-12H2,1-2H3/t15-/m1/s1. The molecule has 0 unspecified atom stereocenters. The van der Waals surface area contributed by atoms with Gasteiger partial charge in [0.15, 0.2) is 0 Å². The summed E-state index contributed by atoms with van der Waals surface area (Å²) in [4.78, 5) is 11.1. The third-order valence-electron chi connectivity index (χ3n) is 4.79. The summed E-state index contributed by atoms with van der Waals surface area (Å²) in [5.41, 5.74) is 1.05. The number of hydrogen-bond acceptors (Lipinski definition) is 5. The lowest BCUT2D eigenvalue weighted by Crippen LogP contribution is -2.55. The van der Waals surface area contributed by atoms with E-state index in [0.717, 1.165) is 63.4 Å². The Balaban J connectivity index is 1.59. The maximum absolute atomic E-state index is 6.15. The number of methoxy groups -OCH3 is 1. The molecule has 116 valence electrons. The predicted molar refractivity (Wildman–Crippen MR) is 80.0 cm³/mol. The monoisotopic (exact) mass is 291 g/mol. The van der Waals surface area contributed by atoms with Crippen molar-refractivity contribution in [3.8, 4) is 0 Å². The molecular weight excluding hydrogens is 266 g/mol. The van der Waals surface area contributed by atoms with Crippen LogP contribution in [0.5, 0.6) is 0 Å². The molecule has 1 spiro atoms. The van der Waals surface area contributed by atoms with E-state index >= 15 is 0 Å². The van der Waals surface area contributed by atoms with Crippen LogP contribution in [0.4, 0.5) is 0 Å². The fraction of sp³-hybridized carbons (Fsp3) is 0.750. The Morgan fingerprint density at radius 3 is 2.95 bits per heavy atom. The Morgan fingerprint density at radius 2 is 2.24 bits per heavy atom. The van der Waals surface area contributed by atoms with Crippen LogP contribution >= 0.6 is 0 Å². The van der Waals surface area contributed by atoms with Gasteiger partial charge in [0, 0.05) is 39.5 Å². The van der Waals surface area contributed by atoms with Gasteiger partial charge in [0.1, 0.15) is 5.82 Å². The van der Waals surface area contributed by atoms with E-state index in [2.05, 4.69) is 14.9 Å². The van der Waals surface area contributed by atoms with Gasteiger partial charge in [-0.3, -0.25) is 4.90 Å². The first-order chi connectivity index (χ1) is 10.2. The van der Waals surface area contributed by atoms with Crippen molar-refractivity contribution in [2.75, 3.05) is 26.8 Å². The van der Waals surface area contributed by atoms with E-state index in [-0.39, 0.29) is 11.7 Å². The molecule has 2 aliphatic heterocycles. The molecule has 0 bridgehead atoms. The number of nitrogens with zero attached hydrogens (tertiary/aromatic N) is 3. The largest absolute Gasteiger partial charge is 0.378 e. The Labute approximate surface area is 126 Å². The van der Waals surface area contributed by atoms with Crippen molar-refractivity contribution in [3.05, 3.63) is 23.8 Å². The second kappa shape index (κ2) is 6.38. The second-order valence-electron chi connectivity index (χ2n) is 6.15. The number of ether oxygens (including phenoxy) is 2. The molecule has 21 heavy (non-hydrogen) atoms. The fourth-order valence-corrected chi connectivity index (χ4v) is 3.61. The summed E-state index contributed by atoms with van der Waals surface area (Å²) in [6.45, 7) is 5.81. The first-order valence-corrected chi connectivity index (χ1v) is 7.89. The molecule has 5 nitrogen and oxygen atoms in total. The molecule has 1 atom stereocenters. The maximum Gasteiger partial charge on any atom is 0.125 e. The van der Waals surface area contributed by atoms with Crippen molar-refractivity contribution in [2.45, 2.75) is 50.9 Å². The highest BCUT2D eigenvalue weighted by molar-refractivity contribution is 5.03. The van der Waals surface area contributed by atoms with Crippen LogP contribution in [-0.4, -0.2) is 53.4 Å². The van der Waals surface area contributed by atoms with E-state index in [9.17, 15) is 0 Å². The molecule has 3 heterocycles. The highest BCUT2D eigenvalue weighted by atomic mass is 16.5. The average Bonchev–Trinajstić information content (AvgIpc) is 2.50. The minimum absolute atomic E-state index is 0.0505. The number of rotatable bonds is 3. The van der Waals surface area contributed by atoms with Gasteiger partial charge in [0.2, 0.25) is 0 Å². The first kappa shape index (κ1) is 14.9. The molecule has 1 aromatic heterocycles. The summed E-state index contributed by atoms with van der Waals surface area (Å²) in [5.74, 6) is 0.844. The van der Waals surface area contributed by atoms with Gasteiger partial charge in [-0.05, 0) is 38.7 Å². The molecule has 3 rings (SSSR count).